The molecular weight excluding hydrogens is 386 g/mol. The van der Waals surface area contributed by atoms with Gasteiger partial charge in [0.2, 0.25) is 6.36 Å². The van der Waals surface area contributed by atoms with E-state index in [0.29, 0.717) is 0 Å². The Morgan fingerprint density at radius 2 is 1.48 bits per heavy atom. The number of hydrogen-bond acceptors (Lipinski definition) is 8. The fourth-order valence-corrected chi connectivity index (χ4v) is 2.28. The first-order chi connectivity index (χ1) is 12.3. The van der Waals surface area contributed by atoms with Crippen molar-refractivity contribution in [3.05, 3.63) is 0 Å². The van der Waals surface area contributed by atoms with Gasteiger partial charge in [-0.3, -0.25) is 19.2 Å². The van der Waals surface area contributed by atoms with Crippen molar-refractivity contribution < 1.29 is 55.7 Å². The molecule has 1 amide bonds. The summed E-state index contributed by atoms with van der Waals surface area (Å²) in [5, 5.41) is 1.31. The summed E-state index contributed by atoms with van der Waals surface area (Å²) in [7, 11) is 0. The first-order valence-corrected chi connectivity index (χ1v) is 7.48. The monoisotopic (exact) mass is 403 g/mol. The lowest BCUT2D eigenvalue weighted by Crippen LogP contribution is -2.66. The minimum absolute atomic E-state index is 0.647. The maximum atomic E-state index is 14.3. The summed E-state index contributed by atoms with van der Waals surface area (Å²) >= 11 is 0. The van der Waals surface area contributed by atoms with Gasteiger partial charge in [0, 0.05) is 20.8 Å². The van der Waals surface area contributed by atoms with Crippen LogP contribution in [0.2, 0.25) is 0 Å². The van der Waals surface area contributed by atoms with Crippen LogP contribution in [0.4, 0.5) is 17.6 Å². The number of hydrogen-bond donors (Lipinski definition) is 1. The van der Waals surface area contributed by atoms with E-state index in [1.807, 2.05) is 0 Å². The molecule has 154 valence electrons. The largest absolute Gasteiger partial charge is 0.471 e. The number of carbonyl (C=O) groups excluding carboxylic acids is 4. The summed E-state index contributed by atoms with van der Waals surface area (Å²) in [6.45, 7) is 2.17. The Morgan fingerprint density at radius 1 is 0.963 bits per heavy atom. The summed E-state index contributed by atoms with van der Waals surface area (Å²) in [6.07, 6.45) is -13.0. The summed E-state index contributed by atoms with van der Waals surface area (Å²) in [5.41, 5.74) is 0. The summed E-state index contributed by atoms with van der Waals surface area (Å²) in [4.78, 5) is 44.7. The van der Waals surface area contributed by atoms with Crippen LogP contribution in [-0.4, -0.2) is 67.3 Å². The highest BCUT2D eigenvalue weighted by molar-refractivity contribution is 5.82. The van der Waals surface area contributed by atoms with Crippen molar-refractivity contribution >= 4 is 23.8 Å². The molecule has 0 aliphatic carbocycles. The van der Waals surface area contributed by atoms with Gasteiger partial charge in [-0.25, -0.2) is 4.39 Å². The molecule has 5 atom stereocenters. The van der Waals surface area contributed by atoms with Crippen molar-refractivity contribution in [3.63, 3.8) is 0 Å². The molecule has 0 radical (unpaired) electrons. The number of carbonyl (C=O) groups is 4. The molecule has 1 rings (SSSR count). The molecule has 1 heterocycles. The van der Waals surface area contributed by atoms with E-state index in [1.54, 1.807) is 0 Å². The lowest BCUT2D eigenvalue weighted by molar-refractivity contribution is -0.247. The number of ether oxygens (including phenoxy) is 4. The smallest absolute Gasteiger partial charge is 0.463 e. The average molecular weight is 403 g/mol. The van der Waals surface area contributed by atoms with Gasteiger partial charge in [0.05, 0.1) is 0 Å². The Kier molecular flexibility index (Phi) is 7.51. The molecule has 1 aliphatic heterocycles. The van der Waals surface area contributed by atoms with Crippen molar-refractivity contribution in [2.75, 3.05) is 6.61 Å². The molecule has 0 unspecified atom stereocenters. The molecule has 27 heavy (non-hydrogen) atoms. The average Bonchev–Trinajstić information content (AvgIpc) is 2.49. The molecule has 9 nitrogen and oxygen atoms in total. The van der Waals surface area contributed by atoms with Gasteiger partial charge in [-0.05, 0) is 0 Å². The van der Waals surface area contributed by atoms with Crippen LogP contribution in [0.3, 0.4) is 0 Å². The summed E-state index contributed by atoms with van der Waals surface area (Å²) in [6, 6.07) is -2.14. The second-order valence-electron chi connectivity index (χ2n) is 5.47. The van der Waals surface area contributed by atoms with E-state index in [9.17, 15) is 36.7 Å². The third-order valence-electron chi connectivity index (χ3n) is 3.24. The highest BCUT2D eigenvalue weighted by atomic mass is 19.4. The van der Waals surface area contributed by atoms with Gasteiger partial charge in [0.15, 0.2) is 12.2 Å². The van der Waals surface area contributed by atoms with E-state index in [-0.39, 0.29) is 0 Å². The number of nitrogens with one attached hydrogen (secondary N) is 1. The molecule has 0 aromatic carbocycles. The first kappa shape index (κ1) is 22.6. The first-order valence-electron chi connectivity index (χ1n) is 7.48. The van der Waals surface area contributed by atoms with E-state index in [2.05, 4.69) is 4.74 Å². The third-order valence-corrected chi connectivity index (χ3v) is 3.24. The van der Waals surface area contributed by atoms with Crippen LogP contribution >= 0.6 is 0 Å². The van der Waals surface area contributed by atoms with Gasteiger partial charge in [0.1, 0.15) is 18.8 Å². The number of halogens is 4. The Balaban J connectivity index is 3.18. The van der Waals surface area contributed by atoms with Crippen molar-refractivity contribution in [2.24, 2.45) is 0 Å². The van der Waals surface area contributed by atoms with Gasteiger partial charge < -0.3 is 24.3 Å². The predicted molar refractivity (Wildman–Crippen MR) is 75.5 cm³/mol. The van der Waals surface area contributed by atoms with Crippen molar-refractivity contribution in [1.82, 2.24) is 5.32 Å². The standard InChI is InChI=1S/C14H17F4NO8/c1-5(20)24-4-8-10(25-6(2)21)11(26-7(3)22)9(12(15)27-8)19-13(23)14(16,17)18/h8-12H,4H2,1-3H3,(H,19,23)/t8-,9+,10+,11-,12-/m0/s1. The number of rotatable bonds is 5. The SMILES string of the molecule is CC(=O)OC[C@@H]1O[C@H](F)[C@H](NC(=O)C(F)(F)F)[C@H](OC(C)=O)[C@@H]1OC(C)=O. The molecular formula is C14H17F4NO8. The molecule has 0 bridgehead atoms. The second kappa shape index (κ2) is 8.97. The molecule has 0 spiro atoms. The molecule has 1 fully saturated rings. The topological polar surface area (TPSA) is 117 Å². The highest BCUT2D eigenvalue weighted by Gasteiger charge is 2.53. The zero-order valence-corrected chi connectivity index (χ0v) is 14.4. The van der Waals surface area contributed by atoms with Crippen molar-refractivity contribution in [3.8, 4) is 0 Å². The Bertz CT molecular complexity index is 596. The van der Waals surface area contributed by atoms with E-state index >= 15 is 0 Å². The minimum atomic E-state index is -5.36. The number of esters is 3. The van der Waals surface area contributed by atoms with Crippen molar-refractivity contribution in [1.29, 1.82) is 0 Å². The lowest BCUT2D eigenvalue weighted by atomic mass is 9.96. The Hall–Kier alpha value is -2.44. The van der Waals surface area contributed by atoms with Gasteiger partial charge in [0.25, 0.3) is 0 Å². The van der Waals surface area contributed by atoms with E-state index in [0.717, 1.165) is 20.8 Å². The molecule has 0 aromatic rings. The summed E-state index contributed by atoms with van der Waals surface area (Å²) in [5.74, 6) is -5.33. The van der Waals surface area contributed by atoms with E-state index in [1.165, 1.54) is 5.32 Å². The van der Waals surface area contributed by atoms with Crippen LogP contribution in [0.25, 0.3) is 0 Å². The Labute approximate surface area is 150 Å². The fraction of sp³-hybridized carbons (Fsp3) is 0.714. The molecule has 0 saturated carbocycles. The van der Waals surface area contributed by atoms with E-state index < -0.39 is 67.3 Å². The molecule has 1 N–H and O–H groups in total. The van der Waals surface area contributed by atoms with Crippen LogP contribution in [0.1, 0.15) is 20.8 Å². The Morgan fingerprint density at radius 3 is 1.93 bits per heavy atom. The maximum absolute atomic E-state index is 14.3. The summed E-state index contributed by atoms with van der Waals surface area (Å²) < 4.78 is 70.8. The van der Waals surface area contributed by atoms with Crippen LogP contribution in [-0.2, 0) is 38.1 Å². The van der Waals surface area contributed by atoms with E-state index in [4.69, 9.17) is 14.2 Å². The van der Waals surface area contributed by atoms with Crippen LogP contribution < -0.4 is 5.32 Å². The second-order valence-corrected chi connectivity index (χ2v) is 5.47. The molecule has 13 heteroatoms. The zero-order valence-electron chi connectivity index (χ0n) is 14.4. The zero-order chi connectivity index (χ0) is 20.9. The van der Waals surface area contributed by atoms with Gasteiger partial charge in [-0.1, -0.05) is 0 Å². The molecule has 0 aromatic heterocycles. The fourth-order valence-electron chi connectivity index (χ4n) is 2.28. The minimum Gasteiger partial charge on any atom is -0.463 e. The van der Waals surface area contributed by atoms with Crippen LogP contribution in [0, 0.1) is 0 Å². The van der Waals surface area contributed by atoms with Gasteiger partial charge >= 0.3 is 30.0 Å². The predicted octanol–water partition coefficient (Wildman–Crippen LogP) is 0.154. The van der Waals surface area contributed by atoms with Gasteiger partial charge in [-0.15, -0.1) is 0 Å². The van der Waals surface area contributed by atoms with Gasteiger partial charge in [-0.2, -0.15) is 13.2 Å². The normalized spacial score (nSPS) is 28.0. The van der Waals surface area contributed by atoms with Crippen LogP contribution in [0.5, 0.6) is 0 Å². The van der Waals surface area contributed by atoms with Crippen LogP contribution in [0.15, 0.2) is 0 Å². The lowest BCUT2D eigenvalue weighted by Gasteiger charge is -2.42. The molecule has 1 aliphatic rings. The number of alkyl halides is 4. The maximum Gasteiger partial charge on any atom is 0.471 e. The third kappa shape index (κ3) is 6.66. The molecule has 1 saturated heterocycles. The van der Waals surface area contributed by atoms with Crippen molar-refractivity contribution in [2.45, 2.75) is 57.7 Å². The quantitative estimate of drug-likeness (QED) is 0.392. The number of amides is 1. The highest BCUT2D eigenvalue weighted by Crippen LogP contribution is 2.28.